The number of fused-ring (bicyclic) bond motifs is 1. The van der Waals surface area contributed by atoms with Crippen LogP contribution in [0.1, 0.15) is 56.6 Å². The van der Waals surface area contributed by atoms with Crippen molar-refractivity contribution in [1.82, 2.24) is 10.2 Å². The van der Waals surface area contributed by atoms with Gasteiger partial charge in [-0.15, -0.1) is 0 Å². The number of aryl methyl sites for hydroxylation is 2. The molecule has 210 valence electrons. The predicted molar refractivity (Wildman–Crippen MR) is 153 cm³/mol. The molecule has 2 N–H and O–H groups in total. The molecule has 3 fully saturated rings. The van der Waals surface area contributed by atoms with Crippen molar-refractivity contribution < 1.29 is 19.1 Å². The summed E-state index contributed by atoms with van der Waals surface area (Å²) in [6.07, 6.45) is 10.0. The van der Waals surface area contributed by atoms with Gasteiger partial charge in [0.1, 0.15) is 11.6 Å². The Morgan fingerprint density at radius 2 is 1.75 bits per heavy atom. The Morgan fingerprint density at radius 1 is 1.02 bits per heavy atom. The lowest BCUT2D eigenvalue weighted by atomic mass is 9.74. The number of carbonyl (C=O) groups is 3. The minimum Gasteiger partial charge on any atom is -0.359 e. The van der Waals surface area contributed by atoms with Crippen molar-refractivity contribution >= 4 is 23.4 Å². The van der Waals surface area contributed by atoms with Gasteiger partial charge >= 0.3 is 0 Å². The molecule has 7 heteroatoms. The van der Waals surface area contributed by atoms with Crippen LogP contribution in [0.3, 0.4) is 0 Å². The fourth-order valence-corrected chi connectivity index (χ4v) is 7.23. The molecule has 1 spiro atoms. The minimum atomic E-state index is -1.14. The molecule has 1 saturated carbocycles. The molecule has 4 aliphatic rings. The van der Waals surface area contributed by atoms with E-state index in [2.05, 4.69) is 22.8 Å². The van der Waals surface area contributed by atoms with Crippen molar-refractivity contribution in [3.8, 4) is 0 Å². The smallest absolute Gasteiger partial charge is 0.246 e. The van der Waals surface area contributed by atoms with E-state index in [1.165, 1.54) is 12.0 Å². The molecule has 2 bridgehead atoms. The average Bonchev–Trinajstić information content (AvgIpc) is 3.61. The van der Waals surface area contributed by atoms with Crippen LogP contribution in [0.2, 0.25) is 0 Å². The normalized spacial score (nSPS) is 29.9. The molecule has 6 rings (SSSR count). The number of hydrogen-bond donors (Lipinski definition) is 2. The first-order chi connectivity index (χ1) is 19.4. The summed E-state index contributed by atoms with van der Waals surface area (Å²) in [7, 11) is 0. The molecule has 3 aliphatic heterocycles. The van der Waals surface area contributed by atoms with Crippen LogP contribution < -0.4 is 10.6 Å². The van der Waals surface area contributed by atoms with E-state index in [-0.39, 0.29) is 29.8 Å². The highest BCUT2D eigenvalue weighted by atomic mass is 16.5. The van der Waals surface area contributed by atoms with Crippen LogP contribution in [0.5, 0.6) is 0 Å². The summed E-state index contributed by atoms with van der Waals surface area (Å²) >= 11 is 0. The molecule has 2 aromatic rings. The van der Waals surface area contributed by atoms with Gasteiger partial charge in [-0.05, 0) is 57.2 Å². The highest BCUT2D eigenvalue weighted by Gasteiger charge is 2.73. The van der Waals surface area contributed by atoms with Crippen LogP contribution >= 0.6 is 0 Å². The van der Waals surface area contributed by atoms with E-state index in [9.17, 15) is 14.4 Å². The van der Waals surface area contributed by atoms with Gasteiger partial charge in [-0.2, -0.15) is 0 Å². The highest BCUT2D eigenvalue weighted by Crippen LogP contribution is 2.56. The van der Waals surface area contributed by atoms with E-state index >= 15 is 0 Å². The summed E-state index contributed by atoms with van der Waals surface area (Å²) in [5.41, 5.74) is 1.83. The van der Waals surface area contributed by atoms with Gasteiger partial charge in [0.05, 0.1) is 17.9 Å². The zero-order valence-corrected chi connectivity index (χ0v) is 23.3. The molecule has 0 aromatic heterocycles. The van der Waals surface area contributed by atoms with Gasteiger partial charge in [0.2, 0.25) is 17.7 Å². The van der Waals surface area contributed by atoms with Crippen molar-refractivity contribution in [1.29, 1.82) is 0 Å². The summed E-state index contributed by atoms with van der Waals surface area (Å²) in [5.74, 6) is -2.02. The third kappa shape index (κ3) is 4.74. The van der Waals surface area contributed by atoms with Crippen LogP contribution in [0.15, 0.2) is 66.7 Å². The molecule has 1 aliphatic carbocycles. The monoisotopic (exact) mass is 541 g/mol. The van der Waals surface area contributed by atoms with Crippen molar-refractivity contribution in [2.45, 2.75) is 88.6 Å². The number of ether oxygens (including phenoxy) is 1. The maximum Gasteiger partial charge on any atom is 0.246 e. The van der Waals surface area contributed by atoms with E-state index in [1.807, 2.05) is 68.5 Å². The largest absolute Gasteiger partial charge is 0.359 e. The third-order valence-corrected chi connectivity index (χ3v) is 9.30. The zero-order valence-electron chi connectivity index (χ0n) is 23.3. The van der Waals surface area contributed by atoms with Gasteiger partial charge in [-0.25, -0.2) is 0 Å². The number of rotatable bonds is 8. The van der Waals surface area contributed by atoms with E-state index in [0.29, 0.717) is 12.1 Å². The summed E-state index contributed by atoms with van der Waals surface area (Å²) in [6.45, 7) is 4.00. The average molecular weight is 542 g/mol. The lowest BCUT2D eigenvalue weighted by Crippen LogP contribution is -2.58. The highest BCUT2D eigenvalue weighted by molar-refractivity contribution is 6.03. The molecular weight excluding hydrogens is 502 g/mol. The fraction of sp³-hybridized carbons (Fsp3) is 0.485. The standard InChI is InChI=1S/C33H39N3O4/c1-21-13-17-25(18-14-21)34-30(37)27-26-19-20-33(40-26)28(27)32(39)36(22(2)15-16-23-9-5-3-6-10-23)29(33)31(38)35-24-11-7-4-8-12-24/h3,5-6,9-10,13-14,17-20,22,24,26-29H,4,7-8,11-12,15-16H2,1-2H3,(H,34,37)(H,35,38)/t22-,26+,27-,28+,29+,33+/m0/s1. The Bertz CT molecular complexity index is 1290. The topological polar surface area (TPSA) is 87.7 Å². The lowest BCUT2D eigenvalue weighted by molar-refractivity contribution is -0.143. The van der Waals surface area contributed by atoms with Crippen LogP contribution in [-0.2, 0) is 25.5 Å². The molecule has 6 atom stereocenters. The Labute approximate surface area is 236 Å². The number of anilines is 1. The van der Waals surface area contributed by atoms with Crippen molar-refractivity contribution in [2.75, 3.05) is 5.32 Å². The quantitative estimate of drug-likeness (QED) is 0.480. The molecule has 40 heavy (non-hydrogen) atoms. The Morgan fingerprint density at radius 3 is 2.48 bits per heavy atom. The zero-order chi connectivity index (χ0) is 27.9. The van der Waals surface area contributed by atoms with E-state index in [4.69, 9.17) is 4.74 Å². The number of hydrogen-bond acceptors (Lipinski definition) is 4. The number of carbonyl (C=O) groups excluding carboxylic acids is 3. The molecule has 3 amide bonds. The summed E-state index contributed by atoms with van der Waals surface area (Å²) in [5, 5.41) is 6.27. The van der Waals surface area contributed by atoms with Gasteiger partial charge in [-0.3, -0.25) is 14.4 Å². The van der Waals surface area contributed by atoms with E-state index in [1.54, 1.807) is 4.90 Å². The second kappa shape index (κ2) is 10.8. The van der Waals surface area contributed by atoms with Crippen LogP contribution in [0, 0.1) is 18.8 Å². The second-order valence-corrected chi connectivity index (χ2v) is 12.0. The number of nitrogens with one attached hydrogen (secondary N) is 2. The number of nitrogens with zero attached hydrogens (tertiary/aromatic N) is 1. The minimum absolute atomic E-state index is 0.108. The summed E-state index contributed by atoms with van der Waals surface area (Å²) in [6, 6.07) is 16.9. The van der Waals surface area contributed by atoms with Gasteiger partial charge < -0.3 is 20.3 Å². The first-order valence-electron chi connectivity index (χ1n) is 14.8. The number of benzene rings is 2. The van der Waals surface area contributed by atoms with Crippen LogP contribution in [-0.4, -0.2) is 52.5 Å². The Balaban J connectivity index is 1.29. The van der Waals surface area contributed by atoms with E-state index < -0.39 is 29.6 Å². The second-order valence-electron chi connectivity index (χ2n) is 12.0. The summed E-state index contributed by atoms with van der Waals surface area (Å²) < 4.78 is 6.52. The van der Waals surface area contributed by atoms with Gasteiger partial charge in [0.25, 0.3) is 0 Å². The third-order valence-electron chi connectivity index (χ3n) is 9.30. The predicted octanol–water partition coefficient (Wildman–Crippen LogP) is 4.55. The molecule has 3 heterocycles. The van der Waals surface area contributed by atoms with Crippen molar-refractivity contribution in [3.05, 3.63) is 77.9 Å². The van der Waals surface area contributed by atoms with Crippen molar-refractivity contribution in [3.63, 3.8) is 0 Å². The SMILES string of the molecule is Cc1ccc(NC(=O)[C@H]2[C@H]3C=C[C@@]4(O3)[C@H]2C(=O)N([C@@H](C)CCc2ccccc2)[C@@H]4C(=O)NC2CCCCC2)cc1. The fourth-order valence-electron chi connectivity index (χ4n) is 7.23. The first kappa shape index (κ1) is 26.8. The lowest BCUT2D eigenvalue weighted by Gasteiger charge is -2.36. The molecule has 2 aromatic carbocycles. The Kier molecular flexibility index (Phi) is 7.26. The number of likely N-dealkylation sites (tertiary alicyclic amines) is 1. The number of amides is 3. The van der Waals surface area contributed by atoms with Crippen LogP contribution in [0.4, 0.5) is 5.69 Å². The van der Waals surface area contributed by atoms with Gasteiger partial charge in [0.15, 0.2) is 0 Å². The molecular formula is C33H39N3O4. The maximum absolute atomic E-state index is 14.3. The molecule has 2 saturated heterocycles. The molecule has 0 radical (unpaired) electrons. The molecule has 7 nitrogen and oxygen atoms in total. The maximum atomic E-state index is 14.3. The first-order valence-corrected chi connectivity index (χ1v) is 14.8. The van der Waals surface area contributed by atoms with Gasteiger partial charge in [-0.1, -0.05) is 79.4 Å². The van der Waals surface area contributed by atoms with Crippen molar-refractivity contribution in [2.24, 2.45) is 11.8 Å². The van der Waals surface area contributed by atoms with E-state index in [0.717, 1.165) is 37.7 Å². The van der Waals surface area contributed by atoms with Crippen LogP contribution in [0.25, 0.3) is 0 Å². The molecule has 0 unspecified atom stereocenters. The Hall–Kier alpha value is -3.45. The summed E-state index contributed by atoms with van der Waals surface area (Å²) in [4.78, 5) is 43.7. The van der Waals surface area contributed by atoms with Gasteiger partial charge in [0, 0.05) is 17.8 Å².